The van der Waals surface area contributed by atoms with Crippen molar-refractivity contribution >= 4 is 23.2 Å². The molecule has 6 heteroatoms. The summed E-state index contributed by atoms with van der Waals surface area (Å²) < 4.78 is 0. The SMILES string of the molecule is CN(CCc1cccs1)C(=O)[C@@H](Cc1ccccc1-c1ccccc1)N(C)C(=O)C=CCC(C)(C)N. The molecular weight excluding hydrogens is 466 g/mol. The topological polar surface area (TPSA) is 66.6 Å². The van der Waals surface area contributed by atoms with E-state index in [1.807, 2.05) is 68.7 Å². The fraction of sp³-hybridized carbons (Fsp3) is 0.333. The van der Waals surface area contributed by atoms with Gasteiger partial charge in [0.05, 0.1) is 0 Å². The molecule has 5 nitrogen and oxygen atoms in total. The zero-order chi connectivity index (χ0) is 26.1. The Kier molecular flexibility index (Phi) is 9.62. The first-order valence-corrected chi connectivity index (χ1v) is 13.2. The number of hydrogen-bond acceptors (Lipinski definition) is 4. The fourth-order valence-corrected chi connectivity index (χ4v) is 4.73. The summed E-state index contributed by atoms with van der Waals surface area (Å²) in [6.07, 6.45) is 5.10. The Morgan fingerprint density at radius 3 is 2.36 bits per heavy atom. The summed E-state index contributed by atoms with van der Waals surface area (Å²) in [5, 5.41) is 2.04. The minimum Gasteiger partial charge on any atom is -0.344 e. The van der Waals surface area contributed by atoms with Crippen molar-refractivity contribution in [2.75, 3.05) is 20.6 Å². The van der Waals surface area contributed by atoms with Crippen molar-refractivity contribution in [3.63, 3.8) is 0 Å². The lowest BCUT2D eigenvalue weighted by Crippen LogP contribution is -2.49. The van der Waals surface area contributed by atoms with E-state index in [9.17, 15) is 9.59 Å². The van der Waals surface area contributed by atoms with Crippen LogP contribution >= 0.6 is 11.3 Å². The zero-order valence-corrected chi connectivity index (χ0v) is 22.5. The van der Waals surface area contributed by atoms with Gasteiger partial charge in [-0.25, -0.2) is 0 Å². The van der Waals surface area contributed by atoms with Crippen LogP contribution in [0.3, 0.4) is 0 Å². The van der Waals surface area contributed by atoms with E-state index < -0.39 is 11.6 Å². The quantitative estimate of drug-likeness (QED) is 0.367. The van der Waals surface area contributed by atoms with Gasteiger partial charge in [0.2, 0.25) is 11.8 Å². The Bertz CT molecular complexity index is 1150. The van der Waals surface area contributed by atoms with Gasteiger partial charge in [-0.05, 0) is 60.9 Å². The number of rotatable bonds is 11. The summed E-state index contributed by atoms with van der Waals surface area (Å²) in [5.74, 6) is -0.278. The number of likely N-dealkylation sites (N-methyl/N-ethyl adjacent to an activating group) is 2. The van der Waals surface area contributed by atoms with Crippen LogP contribution in [0.15, 0.2) is 84.3 Å². The molecule has 1 atom stereocenters. The summed E-state index contributed by atoms with van der Waals surface area (Å²) in [7, 11) is 3.53. The van der Waals surface area contributed by atoms with E-state index in [0.29, 0.717) is 19.4 Å². The lowest BCUT2D eigenvalue weighted by molar-refractivity contribution is -0.141. The third-order valence-corrected chi connectivity index (χ3v) is 7.11. The molecule has 0 aliphatic heterocycles. The van der Waals surface area contributed by atoms with Crippen LogP contribution in [0.4, 0.5) is 0 Å². The number of carbonyl (C=O) groups excluding carboxylic acids is 2. The summed E-state index contributed by atoms with van der Waals surface area (Å²) in [4.78, 5) is 31.4. The standard InChI is InChI=1S/C30H37N3O2S/c1-30(2,31)19-10-17-28(34)33(4)27(29(35)32(3)20-18-25-15-11-21-36-25)22-24-14-8-9-16-26(24)23-12-6-5-7-13-23/h5-17,21,27H,18-20,22,31H2,1-4H3/t27-/m1/s1. The van der Waals surface area contributed by atoms with Crippen molar-refractivity contribution in [1.29, 1.82) is 0 Å². The zero-order valence-electron chi connectivity index (χ0n) is 21.7. The molecule has 0 aliphatic carbocycles. The van der Waals surface area contributed by atoms with E-state index in [1.165, 1.54) is 11.0 Å². The Morgan fingerprint density at radius 1 is 1.00 bits per heavy atom. The van der Waals surface area contributed by atoms with E-state index in [-0.39, 0.29) is 11.8 Å². The summed E-state index contributed by atoms with van der Waals surface area (Å²) in [6.45, 7) is 4.43. The molecule has 1 heterocycles. The highest BCUT2D eigenvalue weighted by atomic mass is 32.1. The van der Waals surface area contributed by atoms with Crippen molar-refractivity contribution < 1.29 is 9.59 Å². The van der Waals surface area contributed by atoms with Gasteiger partial charge in [0, 0.05) is 37.5 Å². The van der Waals surface area contributed by atoms with Crippen LogP contribution in [-0.4, -0.2) is 53.8 Å². The maximum absolute atomic E-state index is 13.7. The van der Waals surface area contributed by atoms with Gasteiger partial charge in [-0.1, -0.05) is 66.7 Å². The fourth-order valence-electron chi connectivity index (χ4n) is 4.03. The van der Waals surface area contributed by atoms with E-state index in [2.05, 4.69) is 24.3 Å². The highest BCUT2D eigenvalue weighted by Gasteiger charge is 2.29. The molecule has 36 heavy (non-hydrogen) atoms. The van der Waals surface area contributed by atoms with Gasteiger partial charge < -0.3 is 15.5 Å². The van der Waals surface area contributed by atoms with Gasteiger partial charge in [0.25, 0.3) is 0 Å². The van der Waals surface area contributed by atoms with Gasteiger partial charge in [-0.15, -0.1) is 11.3 Å². The average Bonchev–Trinajstić information content (AvgIpc) is 3.38. The van der Waals surface area contributed by atoms with Gasteiger partial charge >= 0.3 is 0 Å². The predicted octanol–water partition coefficient (Wildman–Crippen LogP) is 5.17. The molecule has 0 unspecified atom stereocenters. The minimum absolute atomic E-state index is 0.0715. The maximum atomic E-state index is 13.7. The molecule has 3 aromatic rings. The van der Waals surface area contributed by atoms with Crippen molar-refractivity contribution in [2.45, 2.75) is 44.7 Å². The molecule has 0 fully saturated rings. The number of hydrogen-bond donors (Lipinski definition) is 1. The average molecular weight is 504 g/mol. The number of carbonyl (C=O) groups is 2. The number of nitrogens with two attached hydrogens (primary N) is 1. The second kappa shape index (κ2) is 12.7. The van der Waals surface area contributed by atoms with Gasteiger partial charge in [0.1, 0.15) is 6.04 Å². The van der Waals surface area contributed by atoms with Crippen LogP contribution in [0.1, 0.15) is 30.7 Å². The van der Waals surface area contributed by atoms with Crippen LogP contribution < -0.4 is 5.73 Å². The first kappa shape index (κ1) is 27.4. The smallest absolute Gasteiger partial charge is 0.246 e. The minimum atomic E-state index is -0.633. The molecule has 2 amide bonds. The highest BCUT2D eigenvalue weighted by molar-refractivity contribution is 7.09. The molecule has 3 rings (SSSR count). The Labute approximate surface area is 219 Å². The Balaban J connectivity index is 1.86. The third kappa shape index (κ3) is 7.90. The maximum Gasteiger partial charge on any atom is 0.246 e. The van der Waals surface area contributed by atoms with Crippen molar-refractivity contribution in [3.8, 4) is 11.1 Å². The van der Waals surface area contributed by atoms with Crippen molar-refractivity contribution in [3.05, 3.63) is 94.7 Å². The lowest BCUT2D eigenvalue weighted by atomic mass is 9.94. The van der Waals surface area contributed by atoms with Crippen LogP contribution in [0.2, 0.25) is 0 Å². The predicted molar refractivity (Wildman–Crippen MR) is 150 cm³/mol. The molecule has 2 N–H and O–H groups in total. The van der Waals surface area contributed by atoms with E-state index in [1.54, 1.807) is 34.3 Å². The van der Waals surface area contributed by atoms with Crippen LogP contribution in [-0.2, 0) is 22.4 Å². The molecule has 190 valence electrons. The van der Waals surface area contributed by atoms with E-state index >= 15 is 0 Å². The van der Waals surface area contributed by atoms with Crippen LogP contribution in [0, 0.1) is 0 Å². The number of thiophene rings is 1. The number of amides is 2. The second-order valence-corrected chi connectivity index (χ2v) is 10.9. The van der Waals surface area contributed by atoms with Crippen LogP contribution in [0.25, 0.3) is 11.1 Å². The molecule has 0 saturated carbocycles. The molecule has 0 saturated heterocycles. The van der Waals surface area contributed by atoms with E-state index in [0.717, 1.165) is 23.1 Å². The summed E-state index contributed by atoms with van der Waals surface area (Å²) in [5.41, 5.74) is 8.84. The number of benzene rings is 2. The molecule has 2 aromatic carbocycles. The summed E-state index contributed by atoms with van der Waals surface area (Å²) in [6, 6.07) is 21.7. The van der Waals surface area contributed by atoms with Gasteiger partial charge in [-0.2, -0.15) is 0 Å². The lowest BCUT2D eigenvalue weighted by Gasteiger charge is -2.31. The normalized spacial score (nSPS) is 12.5. The molecule has 0 bridgehead atoms. The van der Waals surface area contributed by atoms with Gasteiger partial charge in [0.15, 0.2) is 0 Å². The summed E-state index contributed by atoms with van der Waals surface area (Å²) >= 11 is 1.69. The molecule has 0 radical (unpaired) electrons. The molecular formula is C30H37N3O2S. The Hall–Kier alpha value is -3.22. The largest absolute Gasteiger partial charge is 0.344 e. The van der Waals surface area contributed by atoms with Gasteiger partial charge in [-0.3, -0.25) is 9.59 Å². The molecule has 0 aliphatic rings. The molecule has 0 spiro atoms. The van der Waals surface area contributed by atoms with Crippen molar-refractivity contribution in [2.24, 2.45) is 5.73 Å². The first-order valence-electron chi connectivity index (χ1n) is 12.3. The van der Waals surface area contributed by atoms with Crippen LogP contribution in [0.5, 0.6) is 0 Å². The number of nitrogens with zero attached hydrogens (tertiary/aromatic N) is 2. The third-order valence-electron chi connectivity index (χ3n) is 6.17. The Morgan fingerprint density at radius 2 is 1.69 bits per heavy atom. The van der Waals surface area contributed by atoms with E-state index in [4.69, 9.17) is 5.73 Å². The van der Waals surface area contributed by atoms with Crippen molar-refractivity contribution in [1.82, 2.24) is 9.80 Å². The molecule has 1 aromatic heterocycles. The first-order chi connectivity index (χ1) is 17.2. The second-order valence-electron chi connectivity index (χ2n) is 9.88. The monoisotopic (exact) mass is 503 g/mol. The highest BCUT2D eigenvalue weighted by Crippen LogP contribution is 2.26.